The zero-order valence-corrected chi connectivity index (χ0v) is 14.5. The van der Waals surface area contributed by atoms with E-state index in [9.17, 15) is 9.59 Å². The summed E-state index contributed by atoms with van der Waals surface area (Å²) >= 11 is 11.9. The van der Waals surface area contributed by atoms with Crippen LogP contribution in [0.2, 0.25) is 10.3 Å². The van der Waals surface area contributed by atoms with Gasteiger partial charge in [-0.2, -0.15) is 4.98 Å². The third-order valence-electron chi connectivity index (χ3n) is 3.07. The number of nitrogens with zero attached hydrogens (tertiary/aromatic N) is 2. The monoisotopic (exact) mass is 370 g/mol. The van der Waals surface area contributed by atoms with Crippen molar-refractivity contribution in [2.75, 3.05) is 13.2 Å². The second-order valence-corrected chi connectivity index (χ2v) is 5.67. The molecule has 6 nitrogen and oxygen atoms in total. The molecule has 1 aromatic carbocycles. The molecule has 0 saturated heterocycles. The molecule has 0 N–H and O–H groups in total. The van der Waals surface area contributed by atoms with Crippen LogP contribution in [0.4, 0.5) is 0 Å². The molecule has 0 saturated carbocycles. The SMILES string of the molecule is CCOC(=O)COCc1cn(Cc2ccc(Cl)cc2)c(Cl)nc1=O. The van der Waals surface area contributed by atoms with Gasteiger partial charge in [0, 0.05) is 17.8 Å². The minimum atomic E-state index is -0.490. The summed E-state index contributed by atoms with van der Waals surface area (Å²) in [6, 6.07) is 7.25. The summed E-state index contributed by atoms with van der Waals surface area (Å²) in [6.45, 7) is 2.12. The van der Waals surface area contributed by atoms with Crippen molar-refractivity contribution in [3.63, 3.8) is 0 Å². The highest BCUT2D eigenvalue weighted by Gasteiger charge is 2.09. The van der Waals surface area contributed by atoms with Crippen LogP contribution < -0.4 is 5.56 Å². The van der Waals surface area contributed by atoms with Crippen molar-refractivity contribution in [2.45, 2.75) is 20.1 Å². The van der Waals surface area contributed by atoms with E-state index in [1.165, 1.54) is 0 Å². The van der Waals surface area contributed by atoms with Gasteiger partial charge >= 0.3 is 5.97 Å². The molecule has 2 rings (SSSR count). The van der Waals surface area contributed by atoms with Crippen molar-refractivity contribution in [3.05, 3.63) is 62.2 Å². The van der Waals surface area contributed by atoms with Crippen LogP contribution in [0.5, 0.6) is 0 Å². The van der Waals surface area contributed by atoms with Gasteiger partial charge in [-0.05, 0) is 36.2 Å². The van der Waals surface area contributed by atoms with E-state index in [4.69, 9.17) is 32.7 Å². The minimum Gasteiger partial charge on any atom is -0.464 e. The largest absolute Gasteiger partial charge is 0.464 e. The highest BCUT2D eigenvalue weighted by atomic mass is 35.5. The molecular formula is C16H16Cl2N2O4. The predicted molar refractivity (Wildman–Crippen MR) is 90.4 cm³/mol. The van der Waals surface area contributed by atoms with Gasteiger partial charge in [0.15, 0.2) is 0 Å². The Morgan fingerprint density at radius 2 is 1.96 bits per heavy atom. The summed E-state index contributed by atoms with van der Waals surface area (Å²) in [4.78, 5) is 26.9. The second-order valence-electron chi connectivity index (χ2n) is 4.89. The number of benzene rings is 1. The highest BCUT2D eigenvalue weighted by molar-refractivity contribution is 6.30. The molecular weight excluding hydrogens is 355 g/mol. The molecule has 128 valence electrons. The number of hydrogen-bond acceptors (Lipinski definition) is 5. The molecule has 0 radical (unpaired) electrons. The highest BCUT2D eigenvalue weighted by Crippen LogP contribution is 2.13. The van der Waals surface area contributed by atoms with Crippen molar-refractivity contribution < 1.29 is 14.3 Å². The van der Waals surface area contributed by atoms with Crippen LogP contribution in [-0.2, 0) is 27.4 Å². The van der Waals surface area contributed by atoms with Crippen LogP contribution in [0.15, 0.2) is 35.3 Å². The van der Waals surface area contributed by atoms with E-state index in [0.29, 0.717) is 17.1 Å². The minimum absolute atomic E-state index is 0.0531. The maximum atomic E-state index is 11.9. The normalized spacial score (nSPS) is 10.6. The second kappa shape index (κ2) is 8.82. The molecule has 0 amide bonds. The number of carbonyl (C=O) groups excluding carboxylic acids is 1. The van der Waals surface area contributed by atoms with Gasteiger partial charge in [-0.3, -0.25) is 4.79 Å². The Morgan fingerprint density at radius 3 is 2.62 bits per heavy atom. The fourth-order valence-electron chi connectivity index (χ4n) is 1.96. The lowest BCUT2D eigenvalue weighted by Gasteiger charge is -2.11. The molecule has 0 fully saturated rings. The van der Waals surface area contributed by atoms with Gasteiger partial charge < -0.3 is 14.0 Å². The van der Waals surface area contributed by atoms with E-state index in [2.05, 4.69) is 4.98 Å². The van der Waals surface area contributed by atoms with Gasteiger partial charge in [-0.15, -0.1) is 0 Å². The fourth-order valence-corrected chi connectivity index (χ4v) is 2.27. The summed E-state index contributed by atoms with van der Waals surface area (Å²) in [5.41, 5.74) is 0.763. The van der Waals surface area contributed by atoms with Crippen LogP contribution in [0.1, 0.15) is 18.1 Å². The maximum Gasteiger partial charge on any atom is 0.332 e. The summed E-state index contributed by atoms with van der Waals surface area (Å²) in [6.07, 6.45) is 1.57. The molecule has 0 bridgehead atoms. The van der Waals surface area contributed by atoms with Gasteiger partial charge in [-0.1, -0.05) is 23.7 Å². The first-order chi connectivity index (χ1) is 11.5. The summed E-state index contributed by atoms with van der Waals surface area (Å²) in [5, 5.41) is 0.708. The average molecular weight is 371 g/mol. The number of ether oxygens (including phenoxy) is 2. The van der Waals surface area contributed by atoms with Gasteiger partial charge in [0.05, 0.1) is 18.8 Å². The Labute approximate surface area is 148 Å². The van der Waals surface area contributed by atoms with E-state index >= 15 is 0 Å². The number of esters is 1. The first-order valence-electron chi connectivity index (χ1n) is 7.23. The predicted octanol–water partition coefficient (Wildman–Crippen LogP) is 2.68. The van der Waals surface area contributed by atoms with E-state index in [0.717, 1.165) is 5.56 Å². The molecule has 0 aliphatic heterocycles. The van der Waals surface area contributed by atoms with Crippen molar-refractivity contribution in [1.82, 2.24) is 9.55 Å². The molecule has 0 atom stereocenters. The van der Waals surface area contributed by atoms with Crippen LogP contribution in [-0.4, -0.2) is 28.7 Å². The molecule has 2 aromatic rings. The first kappa shape index (κ1) is 18.4. The molecule has 0 spiro atoms. The van der Waals surface area contributed by atoms with E-state index < -0.39 is 11.5 Å². The fraction of sp³-hybridized carbons (Fsp3) is 0.312. The number of rotatable bonds is 7. The zero-order chi connectivity index (χ0) is 17.5. The van der Waals surface area contributed by atoms with Crippen molar-refractivity contribution in [3.8, 4) is 0 Å². The lowest BCUT2D eigenvalue weighted by Crippen LogP contribution is -2.20. The van der Waals surface area contributed by atoms with Gasteiger partial charge in [0.2, 0.25) is 5.28 Å². The number of carbonyl (C=O) groups is 1. The molecule has 8 heteroatoms. The van der Waals surface area contributed by atoms with Gasteiger partial charge in [-0.25, -0.2) is 4.79 Å². The topological polar surface area (TPSA) is 70.4 Å². The maximum absolute atomic E-state index is 11.9. The lowest BCUT2D eigenvalue weighted by molar-refractivity contribution is -0.148. The van der Waals surface area contributed by atoms with Crippen LogP contribution in [0.3, 0.4) is 0 Å². The Hall–Kier alpha value is -1.89. The van der Waals surface area contributed by atoms with E-state index in [-0.39, 0.29) is 25.1 Å². The Balaban J connectivity index is 2.08. The zero-order valence-electron chi connectivity index (χ0n) is 13.0. The number of halogens is 2. The first-order valence-corrected chi connectivity index (χ1v) is 7.99. The van der Waals surface area contributed by atoms with Crippen molar-refractivity contribution in [2.24, 2.45) is 0 Å². The smallest absolute Gasteiger partial charge is 0.332 e. The third-order valence-corrected chi connectivity index (χ3v) is 3.62. The molecule has 0 aliphatic rings. The quantitative estimate of drug-likeness (QED) is 0.553. The Bertz CT molecular complexity index is 760. The van der Waals surface area contributed by atoms with Crippen LogP contribution in [0.25, 0.3) is 0 Å². The van der Waals surface area contributed by atoms with E-state index in [1.807, 2.05) is 12.1 Å². The van der Waals surface area contributed by atoms with Gasteiger partial charge in [0.25, 0.3) is 5.56 Å². The molecule has 0 aliphatic carbocycles. The Morgan fingerprint density at radius 1 is 1.25 bits per heavy atom. The molecule has 1 aromatic heterocycles. The third kappa shape index (κ3) is 5.33. The summed E-state index contributed by atoms with van der Waals surface area (Å²) in [7, 11) is 0. The Kier molecular flexibility index (Phi) is 6.78. The van der Waals surface area contributed by atoms with Crippen LogP contribution >= 0.6 is 23.2 Å². The molecule has 1 heterocycles. The van der Waals surface area contributed by atoms with Crippen molar-refractivity contribution in [1.29, 1.82) is 0 Å². The lowest BCUT2D eigenvalue weighted by atomic mass is 10.2. The molecule has 0 unspecified atom stereocenters. The van der Waals surface area contributed by atoms with Crippen molar-refractivity contribution >= 4 is 29.2 Å². The van der Waals surface area contributed by atoms with Crippen LogP contribution in [0, 0.1) is 0 Å². The average Bonchev–Trinajstić information content (AvgIpc) is 2.54. The standard InChI is InChI=1S/C16H16Cl2N2O4/c1-2-24-14(21)10-23-9-12-8-20(16(18)19-15(12)22)7-11-3-5-13(17)6-4-11/h3-6,8H,2,7,9-10H2,1H3. The summed E-state index contributed by atoms with van der Waals surface area (Å²) < 4.78 is 11.6. The number of hydrogen-bond donors (Lipinski definition) is 0. The summed E-state index contributed by atoms with van der Waals surface area (Å²) in [5.74, 6) is -0.485. The molecule has 24 heavy (non-hydrogen) atoms. The van der Waals surface area contributed by atoms with Gasteiger partial charge in [0.1, 0.15) is 6.61 Å². The number of aromatic nitrogens is 2. The van der Waals surface area contributed by atoms with E-state index in [1.54, 1.807) is 29.8 Å².